The zero-order valence-electron chi connectivity index (χ0n) is 17.1. The molecule has 2 aromatic heterocycles. The summed E-state index contributed by atoms with van der Waals surface area (Å²) in [5.41, 5.74) is -1.83. The second kappa shape index (κ2) is 10.0. The van der Waals surface area contributed by atoms with E-state index in [-0.39, 0.29) is 41.6 Å². The van der Waals surface area contributed by atoms with E-state index in [2.05, 4.69) is 20.6 Å². The molecule has 0 unspecified atom stereocenters. The van der Waals surface area contributed by atoms with Gasteiger partial charge in [-0.05, 0) is 31.0 Å². The molecule has 0 bridgehead atoms. The Bertz CT molecular complexity index is 976. The van der Waals surface area contributed by atoms with Crippen molar-refractivity contribution in [3.63, 3.8) is 0 Å². The summed E-state index contributed by atoms with van der Waals surface area (Å²) in [5.74, 6) is -0.674. The number of hydrogen-bond acceptors (Lipinski definition) is 5. The zero-order chi connectivity index (χ0) is 24.2. The lowest BCUT2D eigenvalue weighted by Gasteiger charge is -2.32. The first-order valence-corrected chi connectivity index (χ1v) is 10.4. The van der Waals surface area contributed by atoms with E-state index < -0.39 is 23.5 Å². The van der Waals surface area contributed by atoms with Crippen LogP contribution >= 0.6 is 11.6 Å². The van der Waals surface area contributed by atoms with Crippen molar-refractivity contribution < 1.29 is 31.1 Å². The van der Waals surface area contributed by atoms with Gasteiger partial charge in [-0.1, -0.05) is 11.6 Å². The molecule has 1 aliphatic rings. The average Bonchev–Trinajstić information content (AvgIpc) is 2.75. The number of carbonyl (C=O) groups is 1. The molecule has 0 atom stereocenters. The van der Waals surface area contributed by atoms with Crippen molar-refractivity contribution in [2.24, 2.45) is 5.92 Å². The standard InChI is InChI=1S/C20H20ClF6N5O/c21-15-10-13(19(22,23)24)11-31-17(15)32-8-3-12(4-9-32)18(33)30-7-6-29-16-14(20(25,26)27)2-1-5-28-16/h1-2,5,10-12H,3-4,6-9H2,(H,28,29)(H,30,33). The molecule has 6 nitrogen and oxygen atoms in total. The van der Waals surface area contributed by atoms with Crippen LogP contribution in [-0.2, 0) is 17.1 Å². The lowest BCUT2D eigenvalue weighted by Crippen LogP contribution is -2.42. The van der Waals surface area contributed by atoms with Gasteiger partial charge < -0.3 is 15.5 Å². The third-order valence-corrected chi connectivity index (χ3v) is 5.42. The normalized spacial score (nSPS) is 15.4. The highest BCUT2D eigenvalue weighted by atomic mass is 35.5. The molecule has 1 amide bonds. The van der Waals surface area contributed by atoms with E-state index in [4.69, 9.17) is 11.6 Å². The smallest absolute Gasteiger partial charge is 0.368 e. The van der Waals surface area contributed by atoms with Gasteiger partial charge in [-0.25, -0.2) is 9.97 Å². The van der Waals surface area contributed by atoms with Gasteiger partial charge >= 0.3 is 12.4 Å². The molecule has 33 heavy (non-hydrogen) atoms. The summed E-state index contributed by atoms with van der Waals surface area (Å²) in [6.45, 7) is 0.892. The topological polar surface area (TPSA) is 70.2 Å². The summed E-state index contributed by atoms with van der Waals surface area (Å²) in [6, 6.07) is 2.93. The van der Waals surface area contributed by atoms with Crippen molar-refractivity contribution in [3.8, 4) is 0 Å². The Morgan fingerprint density at radius 3 is 2.39 bits per heavy atom. The van der Waals surface area contributed by atoms with Crippen LogP contribution < -0.4 is 15.5 Å². The molecule has 0 aliphatic carbocycles. The zero-order valence-corrected chi connectivity index (χ0v) is 17.9. The maximum atomic E-state index is 13.0. The number of carbonyl (C=O) groups excluding carboxylic acids is 1. The first-order chi connectivity index (χ1) is 15.5. The number of alkyl halides is 6. The summed E-state index contributed by atoms with van der Waals surface area (Å²) in [6.07, 6.45) is -6.27. The van der Waals surface area contributed by atoms with E-state index in [9.17, 15) is 31.1 Å². The fourth-order valence-corrected chi connectivity index (χ4v) is 3.74. The number of pyridine rings is 2. The summed E-state index contributed by atoms with van der Waals surface area (Å²) >= 11 is 5.98. The number of rotatable bonds is 6. The van der Waals surface area contributed by atoms with E-state index in [1.807, 2.05) is 0 Å². The highest BCUT2D eigenvalue weighted by Crippen LogP contribution is 2.35. The number of aromatic nitrogens is 2. The number of nitrogens with zero attached hydrogens (tertiary/aromatic N) is 3. The minimum Gasteiger partial charge on any atom is -0.368 e. The predicted octanol–water partition coefficient (Wildman–Crippen LogP) is 4.61. The van der Waals surface area contributed by atoms with Crippen LogP contribution in [0.25, 0.3) is 0 Å². The Balaban J connectivity index is 1.46. The molecule has 1 aliphatic heterocycles. The van der Waals surface area contributed by atoms with E-state index in [1.165, 1.54) is 12.3 Å². The van der Waals surface area contributed by atoms with Crippen LogP contribution in [0.15, 0.2) is 30.6 Å². The summed E-state index contributed by atoms with van der Waals surface area (Å²) in [7, 11) is 0. The van der Waals surface area contributed by atoms with E-state index in [0.29, 0.717) is 25.9 Å². The molecule has 13 heteroatoms. The number of amides is 1. The van der Waals surface area contributed by atoms with Crippen LogP contribution in [-0.4, -0.2) is 42.1 Å². The van der Waals surface area contributed by atoms with Gasteiger partial charge in [0.05, 0.1) is 16.1 Å². The number of halogens is 7. The number of nitrogens with one attached hydrogen (secondary N) is 2. The van der Waals surface area contributed by atoms with Crippen LogP contribution in [0.3, 0.4) is 0 Å². The molecule has 0 saturated carbocycles. The Kier molecular flexibility index (Phi) is 7.55. The molecule has 0 radical (unpaired) electrons. The molecular formula is C20H20ClF6N5O. The van der Waals surface area contributed by atoms with Gasteiger partial charge in [0.2, 0.25) is 5.91 Å². The maximum Gasteiger partial charge on any atom is 0.419 e. The molecule has 1 saturated heterocycles. The molecular weight excluding hydrogens is 476 g/mol. The molecule has 3 rings (SSSR count). The van der Waals surface area contributed by atoms with Crippen molar-refractivity contribution in [3.05, 3.63) is 46.7 Å². The predicted molar refractivity (Wildman–Crippen MR) is 110 cm³/mol. The quantitative estimate of drug-likeness (QED) is 0.452. The molecule has 2 N–H and O–H groups in total. The second-order valence-corrected chi connectivity index (χ2v) is 7.81. The number of piperidine rings is 1. The van der Waals surface area contributed by atoms with Gasteiger partial charge in [0.1, 0.15) is 11.6 Å². The third kappa shape index (κ3) is 6.40. The van der Waals surface area contributed by atoms with Crippen LogP contribution in [0.2, 0.25) is 5.02 Å². The fraction of sp³-hybridized carbons (Fsp3) is 0.450. The van der Waals surface area contributed by atoms with E-state index in [0.717, 1.165) is 18.3 Å². The average molecular weight is 496 g/mol. The SMILES string of the molecule is O=C(NCCNc1ncccc1C(F)(F)F)C1CCN(c2ncc(C(F)(F)F)cc2Cl)CC1. The fourth-order valence-electron chi connectivity index (χ4n) is 3.46. The van der Waals surface area contributed by atoms with Crippen molar-refractivity contribution in [1.29, 1.82) is 0 Å². The van der Waals surface area contributed by atoms with Gasteiger partial charge in [-0.15, -0.1) is 0 Å². The molecule has 1 fully saturated rings. The first kappa shape index (κ1) is 24.9. The van der Waals surface area contributed by atoms with E-state index in [1.54, 1.807) is 4.90 Å². The van der Waals surface area contributed by atoms with Crippen molar-refractivity contribution in [2.45, 2.75) is 25.2 Å². The van der Waals surface area contributed by atoms with E-state index >= 15 is 0 Å². The molecule has 180 valence electrons. The first-order valence-electron chi connectivity index (χ1n) is 9.98. The van der Waals surface area contributed by atoms with Gasteiger partial charge in [0.15, 0.2) is 0 Å². The van der Waals surface area contributed by atoms with Crippen molar-refractivity contribution >= 4 is 29.1 Å². The van der Waals surface area contributed by atoms with Gasteiger partial charge in [-0.3, -0.25) is 4.79 Å². The number of anilines is 2. The van der Waals surface area contributed by atoms with Crippen molar-refractivity contribution in [1.82, 2.24) is 15.3 Å². The lowest BCUT2D eigenvalue weighted by atomic mass is 9.96. The van der Waals surface area contributed by atoms with Gasteiger partial charge in [0.25, 0.3) is 0 Å². The Hall–Kier alpha value is -2.76. The van der Waals surface area contributed by atoms with Crippen molar-refractivity contribution in [2.75, 3.05) is 36.4 Å². The Morgan fingerprint density at radius 2 is 1.79 bits per heavy atom. The third-order valence-electron chi connectivity index (χ3n) is 5.14. The van der Waals surface area contributed by atoms with Crippen LogP contribution in [0.4, 0.5) is 38.0 Å². The van der Waals surface area contributed by atoms with Gasteiger partial charge in [0, 0.05) is 44.5 Å². The highest BCUT2D eigenvalue weighted by molar-refractivity contribution is 6.33. The minimum absolute atomic E-state index is 0.0513. The number of hydrogen-bond donors (Lipinski definition) is 2. The van der Waals surface area contributed by atoms with Crippen LogP contribution in [0.1, 0.15) is 24.0 Å². The highest BCUT2D eigenvalue weighted by Gasteiger charge is 2.34. The lowest BCUT2D eigenvalue weighted by molar-refractivity contribution is -0.138. The molecule has 0 spiro atoms. The van der Waals surface area contributed by atoms with Crippen LogP contribution in [0, 0.1) is 5.92 Å². The molecule has 2 aromatic rings. The Labute approximate surface area is 190 Å². The minimum atomic E-state index is -4.54. The molecule has 3 heterocycles. The largest absolute Gasteiger partial charge is 0.419 e. The maximum absolute atomic E-state index is 13.0. The molecule has 0 aromatic carbocycles. The Morgan fingerprint density at radius 1 is 1.09 bits per heavy atom. The monoisotopic (exact) mass is 495 g/mol. The second-order valence-electron chi connectivity index (χ2n) is 7.40. The summed E-state index contributed by atoms with van der Waals surface area (Å²) in [4.78, 5) is 21.6. The summed E-state index contributed by atoms with van der Waals surface area (Å²) < 4.78 is 77.2. The van der Waals surface area contributed by atoms with Crippen LogP contribution in [0.5, 0.6) is 0 Å². The van der Waals surface area contributed by atoms with Gasteiger partial charge in [-0.2, -0.15) is 26.3 Å². The summed E-state index contributed by atoms with van der Waals surface area (Å²) in [5, 5.41) is 5.13.